The van der Waals surface area contributed by atoms with E-state index in [1.54, 1.807) is 6.07 Å². The van der Waals surface area contributed by atoms with Gasteiger partial charge in [0.2, 0.25) is 0 Å². The average Bonchev–Trinajstić information content (AvgIpc) is 2.38. The second-order valence-electron chi connectivity index (χ2n) is 5.11. The molecule has 0 bridgehead atoms. The van der Waals surface area contributed by atoms with Crippen LogP contribution in [0.4, 0.5) is 8.78 Å². The molecule has 1 heterocycles. The standard InChI is InChI=1S/C14H20F2N2O/c1-9-8-19-10(2)7-18(9)14(6-17)11-3-4-12(15)13(16)5-11/h3-5,9-10,14H,6-8,17H2,1-2H3. The Balaban J connectivity index is 2.25. The third kappa shape index (κ3) is 3.11. The van der Waals surface area contributed by atoms with Crippen LogP contribution in [0.15, 0.2) is 18.2 Å². The minimum absolute atomic E-state index is 0.114. The van der Waals surface area contributed by atoms with Gasteiger partial charge in [-0.05, 0) is 31.5 Å². The van der Waals surface area contributed by atoms with Gasteiger partial charge in [-0.2, -0.15) is 0 Å². The third-order valence-corrected chi connectivity index (χ3v) is 3.61. The highest BCUT2D eigenvalue weighted by Crippen LogP contribution is 2.26. The van der Waals surface area contributed by atoms with E-state index in [4.69, 9.17) is 10.5 Å². The van der Waals surface area contributed by atoms with Gasteiger partial charge >= 0.3 is 0 Å². The zero-order valence-corrected chi connectivity index (χ0v) is 11.3. The van der Waals surface area contributed by atoms with Gasteiger partial charge in [-0.3, -0.25) is 4.90 Å². The summed E-state index contributed by atoms with van der Waals surface area (Å²) < 4.78 is 31.9. The Morgan fingerprint density at radius 1 is 1.37 bits per heavy atom. The first kappa shape index (κ1) is 14.4. The molecule has 0 spiro atoms. The molecule has 106 valence electrons. The molecule has 1 aliphatic rings. The normalized spacial score (nSPS) is 26.4. The van der Waals surface area contributed by atoms with E-state index in [1.165, 1.54) is 6.07 Å². The van der Waals surface area contributed by atoms with Crippen molar-refractivity contribution in [1.29, 1.82) is 0 Å². The van der Waals surface area contributed by atoms with Crippen LogP contribution in [-0.4, -0.2) is 36.7 Å². The van der Waals surface area contributed by atoms with Crippen molar-refractivity contribution in [2.75, 3.05) is 19.7 Å². The molecule has 19 heavy (non-hydrogen) atoms. The van der Waals surface area contributed by atoms with Crippen LogP contribution in [-0.2, 0) is 4.74 Å². The van der Waals surface area contributed by atoms with E-state index in [2.05, 4.69) is 11.8 Å². The first-order valence-corrected chi connectivity index (χ1v) is 6.55. The van der Waals surface area contributed by atoms with E-state index in [9.17, 15) is 8.78 Å². The molecule has 0 saturated carbocycles. The molecule has 1 aliphatic heterocycles. The van der Waals surface area contributed by atoms with E-state index >= 15 is 0 Å². The monoisotopic (exact) mass is 270 g/mol. The fourth-order valence-electron chi connectivity index (χ4n) is 2.55. The van der Waals surface area contributed by atoms with Crippen LogP contribution in [0.2, 0.25) is 0 Å². The summed E-state index contributed by atoms with van der Waals surface area (Å²) in [5.41, 5.74) is 6.54. The number of halogens is 2. The molecule has 0 radical (unpaired) electrons. The average molecular weight is 270 g/mol. The van der Waals surface area contributed by atoms with E-state index in [-0.39, 0.29) is 18.2 Å². The van der Waals surface area contributed by atoms with E-state index in [0.29, 0.717) is 18.7 Å². The maximum absolute atomic E-state index is 13.4. The second-order valence-corrected chi connectivity index (χ2v) is 5.11. The summed E-state index contributed by atoms with van der Waals surface area (Å²) in [4.78, 5) is 2.20. The van der Waals surface area contributed by atoms with Gasteiger partial charge < -0.3 is 10.5 Å². The Labute approximate surface area is 112 Å². The molecule has 2 rings (SSSR count). The van der Waals surface area contributed by atoms with Crippen molar-refractivity contribution in [2.24, 2.45) is 5.73 Å². The summed E-state index contributed by atoms with van der Waals surface area (Å²) in [5.74, 6) is -1.66. The van der Waals surface area contributed by atoms with Gasteiger partial charge in [0.15, 0.2) is 11.6 Å². The number of hydrogen-bond acceptors (Lipinski definition) is 3. The molecule has 1 saturated heterocycles. The Morgan fingerprint density at radius 3 is 2.74 bits per heavy atom. The van der Waals surface area contributed by atoms with Crippen molar-refractivity contribution >= 4 is 0 Å². The lowest BCUT2D eigenvalue weighted by atomic mass is 10.0. The predicted octanol–water partition coefficient (Wildman–Crippen LogP) is 2.07. The van der Waals surface area contributed by atoms with Crippen LogP contribution in [0, 0.1) is 11.6 Å². The minimum atomic E-state index is -0.831. The molecule has 0 aliphatic carbocycles. The number of ether oxygens (including phenoxy) is 1. The van der Waals surface area contributed by atoms with Gasteiger partial charge in [-0.15, -0.1) is 0 Å². The number of morpholine rings is 1. The Bertz CT molecular complexity index is 441. The number of nitrogens with zero attached hydrogens (tertiary/aromatic N) is 1. The fourth-order valence-corrected chi connectivity index (χ4v) is 2.55. The highest BCUT2D eigenvalue weighted by atomic mass is 19.2. The highest BCUT2D eigenvalue weighted by Gasteiger charge is 2.30. The van der Waals surface area contributed by atoms with Crippen LogP contribution in [0.3, 0.4) is 0 Å². The van der Waals surface area contributed by atoms with Crippen LogP contribution in [0.25, 0.3) is 0 Å². The van der Waals surface area contributed by atoms with Crippen molar-refractivity contribution in [1.82, 2.24) is 4.90 Å². The van der Waals surface area contributed by atoms with Gasteiger partial charge in [0.25, 0.3) is 0 Å². The van der Waals surface area contributed by atoms with E-state index in [1.807, 2.05) is 6.92 Å². The lowest BCUT2D eigenvalue weighted by molar-refractivity contribution is -0.0654. The summed E-state index contributed by atoms with van der Waals surface area (Å²) >= 11 is 0. The Morgan fingerprint density at radius 2 is 2.11 bits per heavy atom. The molecule has 1 aromatic rings. The molecule has 1 aromatic carbocycles. The SMILES string of the molecule is CC1CN(C(CN)c2ccc(F)c(F)c2)C(C)CO1. The molecule has 2 N–H and O–H groups in total. The maximum atomic E-state index is 13.4. The molecular weight excluding hydrogens is 250 g/mol. The fraction of sp³-hybridized carbons (Fsp3) is 0.571. The van der Waals surface area contributed by atoms with Crippen molar-refractivity contribution in [3.63, 3.8) is 0 Å². The molecule has 3 atom stereocenters. The van der Waals surface area contributed by atoms with Gasteiger partial charge in [0.1, 0.15) is 0 Å². The first-order valence-electron chi connectivity index (χ1n) is 6.55. The molecule has 3 unspecified atom stereocenters. The molecule has 5 heteroatoms. The maximum Gasteiger partial charge on any atom is 0.159 e. The van der Waals surface area contributed by atoms with Crippen molar-refractivity contribution in [2.45, 2.75) is 32.0 Å². The van der Waals surface area contributed by atoms with Crippen LogP contribution >= 0.6 is 0 Å². The summed E-state index contributed by atoms with van der Waals surface area (Å²) in [6.45, 7) is 5.78. The molecule has 3 nitrogen and oxygen atoms in total. The smallest absolute Gasteiger partial charge is 0.159 e. The van der Waals surface area contributed by atoms with Crippen LogP contribution in [0.1, 0.15) is 25.5 Å². The van der Waals surface area contributed by atoms with Gasteiger partial charge in [-0.1, -0.05) is 6.07 Å². The summed E-state index contributed by atoms with van der Waals surface area (Å²) in [6.07, 6.45) is 0.121. The van der Waals surface area contributed by atoms with Gasteiger partial charge in [-0.25, -0.2) is 8.78 Å². The summed E-state index contributed by atoms with van der Waals surface area (Å²) in [5, 5.41) is 0. The summed E-state index contributed by atoms with van der Waals surface area (Å²) in [7, 11) is 0. The molecule has 0 aromatic heterocycles. The zero-order valence-electron chi connectivity index (χ0n) is 11.3. The molecular formula is C14H20F2N2O. The van der Waals surface area contributed by atoms with E-state index in [0.717, 1.165) is 12.6 Å². The van der Waals surface area contributed by atoms with Crippen molar-refractivity contribution < 1.29 is 13.5 Å². The molecule has 0 amide bonds. The third-order valence-electron chi connectivity index (χ3n) is 3.61. The highest BCUT2D eigenvalue weighted by molar-refractivity contribution is 5.22. The second kappa shape index (κ2) is 5.94. The minimum Gasteiger partial charge on any atom is -0.376 e. The number of hydrogen-bond donors (Lipinski definition) is 1. The van der Waals surface area contributed by atoms with Crippen molar-refractivity contribution in [3.05, 3.63) is 35.4 Å². The summed E-state index contributed by atoms with van der Waals surface area (Å²) in [6, 6.07) is 4.08. The zero-order chi connectivity index (χ0) is 14.0. The van der Waals surface area contributed by atoms with Crippen molar-refractivity contribution in [3.8, 4) is 0 Å². The largest absolute Gasteiger partial charge is 0.376 e. The van der Waals surface area contributed by atoms with Gasteiger partial charge in [0, 0.05) is 25.2 Å². The van der Waals surface area contributed by atoms with Crippen LogP contribution < -0.4 is 5.73 Å². The topological polar surface area (TPSA) is 38.5 Å². The number of nitrogens with two attached hydrogens (primary N) is 1. The number of rotatable bonds is 3. The van der Waals surface area contributed by atoms with E-state index < -0.39 is 11.6 Å². The number of benzene rings is 1. The first-order chi connectivity index (χ1) is 9.02. The lowest BCUT2D eigenvalue weighted by Gasteiger charge is -2.41. The Kier molecular flexibility index (Phi) is 4.50. The molecule has 1 fully saturated rings. The predicted molar refractivity (Wildman–Crippen MR) is 69.7 cm³/mol. The van der Waals surface area contributed by atoms with Gasteiger partial charge in [0.05, 0.1) is 12.7 Å². The van der Waals surface area contributed by atoms with Crippen LogP contribution in [0.5, 0.6) is 0 Å². The quantitative estimate of drug-likeness (QED) is 0.914. The Hall–Kier alpha value is -1.04. The lowest BCUT2D eigenvalue weighted by Crippen LogP contribution is -2.50.